The minimum atomic E-state index is -0.368. The minimum absolute atomic E-state index is 0.0788. The third kappa shape index (κ3) is 6.83. The summed E-state index contributed by atoms with van der Waals surface area (Å²) in [6.45, 7) is 8.73. The predicted molar refractivity (Wildman–Crippen MR) is 137 cm³/mol. The Labute approximate surface area is 211 Å². The second kappa shape index (κ2) is 12.0. The number of nitrogens with one attached hydrogen (secondary N) is 2. The van der Waals surface area contributed by atoms with Crippen molar-refractivity contribution in [1.82, 2.24) is 10.2 Å². The number of rotatable bonds is 9. The van der Waals surface area contributed by atoms with Gasteiger partial charge in [-0.25, -0.2) is 0 Å². The Morgan fingerprint density at radius 2 is 1.83 bits per heavy atom. The molecule has 0 aromatic heterocycles. The number of hydrogen-bond acceptors (Lipinski definition) is 6. The Morgan fingerprint density at radius 1 is 1.08 bits per heavy atom. The average molecular weight is 495 g/mol. The number of carbonyl (C=O) groups excluding carboxylic acids is 3. The highest BCUT2D eigenvalue weighted by molar-refractivity contribution is 6.00. The fourth-order valence-corrected chi connectivity index (χ4v) is 4.45. The number of morpholine rings is 1. The first-order chi connectivity index (χ1) is 17.4. The van der Waals surface area contributed by atoms with Gasteiger partial charge < -0.3 is 25.0 Å². The molecule has 9 nitrogen and oxygen atoms in total. The standard InChI is InChI=1S/C27H34N4O5/c1-19-3-8-24(20(2)15-19)29-25(32)18-36-23-6-4-22(5-7-23)31-17-21(16-26(31)33)27(34)28-9-10-30-11-13-35-14-12-30/h3-8,15,21H,9-14,16-18H2,1-2H3,(H,28,34)(H,29,32)/t21-/m1/s1. The van der Waals surface area contributed by atoms with Gasteiger partial charge in [-0.05, 0) is 49.7 Å². The van der Waals surface area contributed by atoms with Crippen molar-refractivity contribution in [3.05, 3.63) is 53.6 Å². The first-order valence-corrected chi connectivity index (χ1v) is 12.4. The highest BCUT2D eigenvalue weighted by Crippen LogP contribution is 2.27. The third-order valence-electron chi connectivity index (χ3n) is 6.50. The number of benzene rings is 2. The molecule has 192 valence electrons. The van der Waals surface area contributed by atoms with E-state index in [4.69, 9.17) is 9.47 Å². The Bertz CT molecular complexity index is 1080. The summed E-state index contributed by atoms with van der Waals surface area (Å²) >= 11 is 0. The van der Waals surface area contributed by atoms with Crippen LogP contribution in [0.2, 0.25) is 0 Å². The maximum atomic E-state index is 12.6. The normalized spacial score (nSPS) is 18.2. The van der Waals surface area contributed by atoms with E-state index in [1.807, 2.05) is 32.0 Å². The van der Waals surface area contributed by atoms with E-state index in [0.717, 1.165) is 49.7 Å². The average Bonchev–Trinajstić information content (AvgIpc) is 3.27. The highest BCUT2D eigenvalue weighted by Gasteiger charge is 2.35. The lowest BCUT2D eigenvalue weighted by molar-refractivity contribution is -0.126. The molecule has 2 N–H and O–H groups in total. The van der Waals surface area contributed by atoms with Gasteiger partial charge in [-0.1, -0.05) is 17.7 Å². The lowest BCUT2D eigenvalue weighted by Crippen LogP contribution is -2.42. The molecular formula is C27H34N4O5. The summed E-state index contributed by atoms with van der Waals surface area (Å²) in [5.74, 6) is -0.257. The topological polar surface area (TPSA) is 100 Å². The molecule has 2 fully saturated rings. The van der Waals surface area contributed by atoms with Gasteiger partial charge in [0.15, 0.2) is 6.61 Å². The van der Waals surface area contributed by atoms with E-state index in [9.17, 15) is 14.4 Å². The molecule has 0 spiro atoms. The van der Waals surface area contributed by atoms with Crippen molar-refractivity contribution in [3.8, 4) is 5.75 Å². The molecule has 2 aromatic rings. The maximum absolute atomic E-state index is 12.6. The Hall–Kier alpha value is -3.43. The first-order valence-electron chi connectivity index (χ1n) is 12.4. The summed E-state index contributed by atoms with van der Waals surface area (Å²) in [7, 11) is 0. The van der Waals surface area contributed by atoms with E-state index in [1.165, 1.54) is 0 Å². The van der Waals surface area contributed by atoms with E-state index in [0.29, 0.717) is 24.5 Å². The van der Waals surface area contributed by atoms with Crippen LogP contribution >= 0.6 is 0 Å². The summed E-state index contributed by atoms with van der Waals surface area (Å²) in [5, 5.41) is 5.82. The molecule has 2 aliphatic heterocycles. The molecule has 2 heterocycles. The van der Waals surface area contributed by atoms with Gasteiger partial charge in [0.1, 0.15) is 5.75 Å². The number of carbonyl (C=O) groups is 3. The van der Waals surface area contributed by atoms with E-state index >= 15 is 0 Å². The van der Waals surface area contributed by atoms with Crippen LogP contribution in [0.15, 0.2) is 42.5 Å². The van der Waals surface area contributed by atoms with Gasteiger partial charge in [0, 0.05) is 50.5 Å². The van der Waals surface area contributed by atoms with Crippen molar-refractivity contribution < 1.29 is 23.9 Å². The molecule has 4 rings (SSSR count). The predicted octanol–water partition coefficient (Wildman–Crippen LogP) is 2.12. The van der Waals surface area contributed by atoms with Gasteiger partial charge in [-0.3, -0.25) is 19.3 Å². The lowest BCUT2D eigenvalue weighted by atomic mass is 10.1. The van der Waals surface area contributed by atoms with Crippen molar-refractivity contribution in [2.45, 2.75) is 20.3 Å². The van der Waals surface area contributed by atoms with Crippen LogP contribution in [0.4, 0.5) is 11.4 Å². The Kier molecular flexibility index (Phi) is 8.56. The minimum Gasteiger partial charge on any atom is -0.484 e. The number of nitrogens with zero attached hydrogens (tertiary/aromatic N) is 2. The molecule has 2 aromatic carbocycles. The van der Waals surface area contributed by atoms with Gasteiger partial charge >= 0.3 is 0 Å². The third-order valence-corrected chi connectivity index (χ3v) is 6.50. The lowest BCUT2D eigenvalue weighted by Gasteiger charge is -2.26. The largest absolute Gasteiger partial charge is 0.484 e. The van der Waals surface area contributed by atoms with Crippen molar-refractivity contribution in [1.29, 1.82) is 0 Å². The number of ether oxygens (including phenoxy) is 2. The first kappa shape index (κ1) is 25.7. The van der Waals surface area contributed by atoms with Crippen LogP contribution in [0, 0.1) is 19.8 Å². The molecule has 0 bridgehead atoms. The molecule has 0 saturated carbocycles. The monoisotopic (exact) mass is 494 g/mol. The molecule has 2 saturated heterocycles. The van der Waals surface area contributed by atoms with Crippen molar-refractivity contribution in [2.75, 3.05) is 62.8 Å². The summed E-state index contributed by atoms with van der Waals surface area (Å²) in [5.41, 5.74) is 3.59. The fourth-order valence-electron chi connectivity index (χ4n) is 4.45. The SMILES string of the molecule is Cc1ccc(NC(=O)COc2ccc(N3C[C@H](C(=O)NCCN4CCOCC4)CC3=O)cc2)c(C)c1. The second-order valence-corrected chi connectivity index (χ2v) is 9.30. The highest BCUT2D eigenvalue weighted by atomic mass is 16.5. The maximum Gasteiger partial charge on any atom is 0.262 e. The quantitative estimate of drug-likeness (QED) is 0.554. The van der Waals surface area contributed by atoms with Crippen LogP contribution < -0.4 is 20.3 Å². The van der Waals surface area contributed by atoms with Crippen LogP contribution in [0.5, 0.6) is 5.75 Å². The van der Waals surface area contributed by atoms with Crippen LogP contribution in [-0.4, -0.2) is 75.2 Å². The summed E-state index contributed by atoms with van der Waals surface area (Å²) < 4.78 is 10.9. The molecular weight excluding hydrogens is 460 g/mol. The van der Waals surface area contributed by atoms with Crippen LogP contribution in [0.3, 0.4) is 0 Å². The zero-order chi connectivity index (χ0) is 25.5. The number of hydrogen-bond donors (Lipinski definition) is 2. The van der Waals surface area contributed by atoms with Crippen LogP contribution in [0.1, 0.15) is 17.5 Å². The molecule has 36 heavy (non-hydrogen) atoms. The van der Waals surface area contributed by atoms with E-state index < -0.39 is 0 Å². The molecule has 0 unspecified atom stereocenters. The number of amides is 3. The number of aryl methyl sites for hydroxylation is 2. The van der Waals surface area contributed by atoms with Gasteiger partial charge in [0.2, 0.25) is 11.8 Å². The molecule has 1 atom stereocenters. The smallest absolute Gasteiger partial charge is 0.262 e. The zero-order valence-corrected chi connectivity index (χ0v) is 20.9. The van der Waals surface area contributed by atoms with Crippen LogP contribution in [-0.2, 0) is 19.1 Å². The van der Waals surface area contributed by atoms with Crippen molar-refractivity contribution >= 4 is 29.1 Å². The second-order valence-electron chi connectivity index (χ2n) is 9.30. The van der Waals surface area contributed by atoms with E-state index in [1.54, 1.807) is 29.2 Å². The molecule has 3 amide bonds. The van der Waals surface area contributed by atoms with Crippen molar-refractivity contribution in [2.24, 2.45) is 5.92 Å². The van der Waals surface area contributed by atoms with Gasteiger partial charge in [0.05, 0.1) is 19.1 Å². The zero-order valence-electron chi connectivity index (χ0n) is 20.9. The van der Waals surface area contributed by atoms with Gasteiger partial charge in [-0.2, -0.15) is 0 Å². The fraction of sp³-hybridized carbons (Fsp3) is 0.444. The summed E-state index contributed by atoms with van der Waals surface area (Å²) in [6, 6.07) is 12.8. The Morgan fingerprint density at radius 3 is 2.56 bits per heavy atom. The Balaban J connectivity index is 1.22. The van der Waals surface area contributed by atoms with E-state index in [-0.39, 0.29) is 36.7 Å². The molecule has 2 aliphatic rings. The van der Waals surface area contributed by atoms with Gasteiger partial charge in [0.25, 0.3) is 5.91 Å². The molecule has 0 radical (unpaired) electrons. The summed E-state index contributed by atoms with van der Waals surface area (Å²) in [6.07, 6.45) is 0.195. The number of anilines is 2. The van der Waals surface area contributed by atoms with Crippen LogP contribution in [0.25, 0.3) is 0 Å². The van der Waals surface area contributed by atoms with Gasteiger partial charge in [-0.15, -0.1) is 0 Å². The van der Waals surface area contributed by atoms with E-state index in [2.05, 4.69) is 15.5 Å². The van der Waals surface area contributed by atoms with Crippen molar-refractivity contribution in [3.63, 3.8) is 0 Å². The molecule has 0 aliphatic carbocycles. The molecule has 9 heteroatoms. The summed E-state index contributed by atoms with van der Waals surface area (Å²) in [4.78, 5) is 41.3.